The van der Waals surface area contributed by atoms with Crippen LogP contribution in [0.15, 0.2) is 66.2 Å². The summed E-state index contributed by atoms with van der Waals surface area (Å²) in [6, 6.07) is 17.3. The standard InChI is InChI=1S/C21H23N/c1-4-20-19-14-17(16-10-8-7-9-11-16)12-13-18(19)15-21(5-2,6-3)22-20/h4,7-14H,1,5-6,15H2,2-3H3. The predicted octanol–water partition coefficient (Wildman–Crippen LogP) is 5.44. The van der Waals surface area contributed by atoms with Gasteiger partial charge in [-0.1, -0.05) is 62.9 Å². The maximum Gasteiger partial charge on any atom is 0.0650 e. The summed E-state index contributed by atoms with van der Waals surface area (Å²) in [6.45, 7) is 8.46. The summed E-state index contributed by atoms with van der Waals surface area (Å²) in [5.41, 5.74) is 6.22. The van der Waals surface area contributed by atoms with Crippen molar-refractivity contribution in [2.75, 3.05) is 0 Å². The van der Waals surface area contributed by atoms with Crippen LogP contribution in [0.4, 0.5) is 0 Å². The molecule has 0 fully saturated rings. The number of allylic oxidation sites excluding steroid dienone is 1. The first kappa shape index (κ1) is 14.8. The fourth-order valence-corrected chi connectivity index (χ4v) is 3.30. The molecule has 0 aliphatic carbocycles. The molecule has 0 unspecified atom stereocenters. The van der Waals surface area contributed by atoms with Gasteiger partial charge in [0.15, 0.2) is 0 Å². The van der Waals surface area contributed by atoms with Gasteiger partial charge in [-0.3, -0.25) is 4.99 Å². The van der Waals surface area contributed by atoms with E-state index < -0.39 is 0 Å². The monoisotopic (exact) mass is 289 g/mol. The molecule has 2 aromatic rings. The van der Waals surface area contributed by atoms with E-state index in [-0.39, 0.29) is 5.54 Å². The minimum atomic E-state index is 0.0464. The van der Waals surface area contributed by atoms with E-state index in [1.165, 1.54) is 22.3 Å². The lowest BCUT2D eigenvalue weighted by Gasteiger charge is -2.33. The fraction of sp³-hybridized carbons (Fsp3) is 0.286. The zero-order chi connectivity index (χ0) is 15.6. The maximum atomic E-state index is 5.04. The van der Waals surface area contributed by atoms with E-state index in [2.05, 4.69) is 69.0 Å². The van der Waals surface area contributed by atoms with Gasteiger partial charge in [0.05, 0.1) is 11.3 Å². The summed E-state index contributed by atoms with van der Waals surface area (Å²) < 4.78 is 0. The number of hydrogen-bond donors (Lipinski definition) is 0. The lowest BCUT2D eigenvalue weighted by atomic mass is 9.80. The van der Waals surface area contributed by atoms with E-state index in [1.54, 1.807) is 0 Å². The quantitative estimate of drug-likeness (QED) is 0.710. The SMILES string of the molecule is C=CC1=NC(CC)(CC)Cc2ccc(-c3ccccc3)cc21. The lowest BCUT2D eigenvalue weighted by molar-refractivity contribution is 0.392. The summed E-state index contributed by atoms with van der Waals surface area (Å²) in [7, 11) is 0. The Morgan fingerprint density at radius 2 is 1.77 bits per heavy atom. The summed E-state index contributed by atoms with van der Waals surface area (Å²) in [5.74, 6) is 0. The van der Waals surface area contributed by atoms with Crippen molar-refractivity contribution in [2.45, 2.75) is 38.6 Å². The number of benzene rings is 2. The molecule has 0 aromatic heterocycles. The van der Waals surface area contributed by atoms with Gasteiger partial charge in [0, 0.05) is 5.56 Å². The van der Waals surface area contributed by atoms with Crippen molar-refractivity contribution in [2.24, 2.45) is 4.99 Å². The normalized spacial score (nSPS) is 15.8. The van der Waals surface area contributed by atoms with Gasteiger partial charge >= 0.3 is 0 Å². The van der Waals surface area contributed by atoms with Crippen molar-refractivity contribution in [1.82, 2.24) is 0 Å². The Labute approximate surface area is 133 Å². The second kappa shape index (κ2) is 5.92. The van der Waals surface area contributed by atoms with Crippen molar-refractivity contribution in [3.05, 3.63) is 72.3 Å². The molecule has 1 nitrogen and oxygen atoms in total. The van der Waals surface area contributed by atoms with E-state index in [4.69, 9.17) is 4.99 Å². The van der Waals surface area contributed by atoms with Crippen LogP contribution in [0.3, 0.4) is 0 Å². The molecule has 1 aliphatic heterocycles. The Kier molecular flexibility index (Phi) is 3.98. The molecule has 3 rings (SSSR count). The van der Waals surface area contributed by atoms with Crippen LogP contribution in [0.25, 0.3) is 11.1 Å². The van der Waals surface area contributed by atoms with E-state index in [9.17, 15) is 0 Å². The molecule has 1 heterocycles. The highest BCUT2D eigenvalue weighted by molar-refractivity contribution is 6.11. The lowest BCUT2D eigenvalue weighted by Crippen LogP contribution is -2.33. The first-order valence-corrected chi connectivity index (χ1v) is 8.12. The molecule has 1 heteroatoms. The van der Waals surface area contributed by atoms with Crippen LogP contribution < -0.4 is 0 Å². The molecule has 0 spiro atoms. The van der Waals surface area contributed by atoms with Crippen LogP contribution in [0.5, 0.6) is 0 Å². The number of hydrogen-bond acceptors (Lipinski definition) is 1. The molecule has 0 saturated carbocycles. The smallest absolute Gasteiger partial charge is 0.0650 e. The first-order valence-electron chi connectivity index (χ1n) is 8.12. The number of rotatable bonds is 4. The third-order valence-electron chi connectivity index (χ3n) is 4.88. The number of fused-ring (bicyclic) bond motifs is 1. The third kappa shape index (κ3) is 2.52. The van der Waals surface area contributed by atoms with Gasteiger partial charge < -0.3 is 0 Å². The molecule has 0 radical (unpaired) electrons. The van der Waals surface area contributed by atoms with Gasteiger partial charge in [0.1, 0.15) is 0 Å². The molecular formula is C21H23N. The molecule has 112 valence electrons. The van der Waals surface area contributed by atoms with Gasteiger partial charge in [-0.15, -0.1) is 0 Å². The Hall–Kier alpha value is -2.15. The van der Waals surface area contributed by atoms with Crippen LogP contribution in [-0.4, -0.2) is 11.3 Å². The molecule has 1 aliphatic rings. The largest absolute Gasteiger partial charge is 0.278 e. The molecule has 22 heavy (non-hydrogen) atoms. The first-order chi connectivity index (χ1) is 10.7. The molecule has 0 amide bonds. The Morgan fingerprint density at radius 3 is 2.41 bits per heavy atom. The highest BCUT2D eigenvalue weighted by atomic mass is 14.9. The molecule has 0 atom stereocenters. The van der Waals surface area contributed by atoms with Gasteiger partial charge in [-0.25, -0.2) is 0 Å². The van der Waals surface area contributed by atoms with Crippen molar-refractivity contribution in [3.63, 3.8) is 0 Å². The van der Waals surface area contributed by atoms with E-state index in [1.807, 2.05) is 6.08 Å². The van der Waals surface area contributed by atoms with Gasteiger partial charge in [0.2, 0.25) is 0 Å². The highest BCUT2D eigenvalue weighted by Crippen LogP contribution is 2.34. The van der Waals surface area contributed by atoms with Gasteiger partial charge in [0.25, 0.3) is 0 Å². The van der Waals surface area contributed by atoms with E-state index in [0.717, 1.165) is 25.0 Å². The average molecular weight is 289 g/mol. The summed E-state index contributed by atoms with van der Waals surface area (Å²) in [4.78, 5) is 5.04. The number of nitrogens with zero attached hydrogens (tertiary/aromatic N) is 1. The predicted molar refractivity (Wildman–Crippen MR) is 95.6 cm³/mol. The topological polar surface area (TPSA) is 12.4 Å². The van der Waals surface area contributed by atoms with Crippen LogP contribution >= 0.6 is 0 Å². The zero-order valence-electron chi connectivity index (χ0n) is 13.5. The van der Waals surface area contributed by atoms with E-state index >= 15 is 0 Å². The Balaban J connectivity index is 2.10. The van der Waals surface area contributed by atoms with Crippen molar-refractivity contribution in [1.29, 1.82) is 0 Å². The van der Waals surface area contributed by atoms with Crippen LogP contribution in [0.1, 0.15) is 37.8 Å². The fourth-order valence-electron chi connectivity index (χ4n) is 3.30. The third-order valence-corrected chi connectivity index (χ3v) is 4.88. The van der Waals surface area contributed by atoms with Crippen LogP contribution in [0.2, 0.25) is 0 Å². The molecule has 0 N–H and O–H groups in total. The van der Waals surface area contributed by atoms with Crippen LogP contribution in [-0.2, 0) is 6.42 Å². The maximum absolute atomic E-state index is 5.04. The summed E-state index contributed by atoms with van der Waals surface area (Å²) >= 11 is 0. The van der Waals surface area contributed by atoms with Gasteiger partial charge in [-0.2, -0.15) is 0 Å². The molecule has 0 saturated heterocycles. The van der Waals surface area contributed by atoms with Crippen LogP contribution in [0, 0.1) is 0 Å². The second-order valence-electron chi connectivity index (χ2n) is 6.05. The summed E-state index contributed by atoms with van der Waals surface area (Å²) in [6.07, 6.45) is 5.08. The van der Waals surface area contributed by atoms with Gasteiger partial charge in [-0.05, 0) is 48.1 Å². The van der Waals surface area contributed by atoms with Crippen molar-refractivity contribution < 1.29 is 0 Å². The second-order valence-corrected chi connectivity index (χ2v) is 6.05. The van der Waals surface area contributed by atoms with E-state index in [0.29, 0.717) is 0 Å². The zero-order valence-corrected chi connectivity index (χ0v) is 13.5. The molecular weight excluding hydrogens is 266 g/mol. The average Bonchev–Trinajstić information content (AvgIpc) is 2.61. The molecule has 2 aromatic carbocycles. The highest BCUT2D eigenvalue weighted by Gasteiger charge is 2.31. The Morgan fingerprint density at radius 1 is 1.05 bits per heavy atom. The van der Waals surface area contributed by atoms with Crippen molar-refractivity contribution in [3.8, 4) is 11.1 Å². The Bertz CT molecular complexity index is 706. The minimum Gasteiger partial charge on any atom is -0.278 e. The summed E-state index contributed by atoms with van der Waals surface area (Å²) in [5, 5.41) is 0. The minimum absolute atomic E-state index is 0.0464. The van der Waals surface area contributed by atoms with Crippen molar-refractivity contribution >= 4 is 5.71 Å². The number of aliphatic imine (C=N–C) groups is 1. The molecule has 0 bridgehead atoms.